The van der Waals surface area contributed by atoms with E-state index in [0.717, 1.165) is 6.07 Å². The Balaban J connectivity index is 3.18. The van der Waals surface area contributed by atoms with Crippen molar-refractivity contribution in [3.8, 4) is 0 Å². The summed E-state index contributed by atoms with van der Waals surface area (Å²) in [5, 5.41) is 0. The summed E-state index contributed by atoms with van der Waals surface area (Å²) in [4.78, 5) is 1.84. The second kappa shape index (κ2) is 4.17. The van der Waals surface area contributed by atoms with E-state index in [2.05, 4.69) is 0 Å². The highest BCUT2D eigenvalue weighted by Gasteiger charge is 2.22. The monoisotopic (exact) mass is 213 g/mol. The van der Waals surface area contributed by atoms with Gasteiger partial charge in [0.05, 0.1) is 5.69 Å². The normalized spacial score (nSPS) is 11.6. The van der Waals surface area contributed by atoms with Crippen molar-refractivity contribution in [1.29, 1.82) is 0 Å². The molecule has 84 valence electrons. The van der Waals surface area contributed by atoms with Crippen LogP contribution in [-0.4, -0.2) is 12.1 Å². The van der Waals surface area contributed by atoms with E-state index in [-0.39, 0.29) is 11.4 Å². The van der Waals surface area contributed by atoms with E-state index in [1.54, 1.807) is 0 Å². The van der Waals surface area contributed by atoms with E-state index in [1.807, 2.05) is 32.6 Å². The SMILES string of the molecule is CCN(c1cc(F)ccc1F)C(C)(C)C. The van der Waals surface area contributed by atoms with Crippen molar-refractivity contribution in [1.82, 2.24) is 0 Å². The average molecular weight is 213 g/mol. The van der Waals surface area contributed by atoms with Gasteiger partial charge in [0.25, 0.3) is 0 Å². The minimum Gasteiger partial charge on any atom is -0.365 e. The molecule has 0 radical (unpaired) electrons. The fourth-order valence-corrected chi connectivity index (χ4v) is 1.70. The number of nitrogens with zero attached hydrogens (tertiary/aromatic N) is 1. The van der Waals surface area contributed by atoms with Crippen LogP contribution in [0.15, 0.2) is 18.2 Å². The van der Waals surface area contributed by atoms with Crippen molar-refractivity contribution in [3.63, 3.8) is 0 Å². The molecule has 0 aliphatic heterocycles. The van der Waals surface area contributed by atoms with Crippen LogP contribution < -0.4 is 4.90 Å². The Morgan fingerprint density at radius 2 is 1.80 bits per heavy atom. The van der Waals surface area contributed by atoms with Crippen LogP contribution in [0.2, 0.25) is 0 Å². The maximum Gasteiger partial charge on any atom is 0.146 e. The number of benzene rings is 1. The molecule has 0 spiro atoms. The molecule has 0 aliphatic rings. The molecule has 0 N–H and O–H groups in total. The molecule has 0 fully saturated rings. The predicted octanol–water partition coefficient (Wildman–Crippen LogP) is 3.59. The molecule has 0 unspecified atom stereocenters. The molecule has 0 aromatic heterocycles. The topological polar surface area (TPSA) is 3.24 Å². The molecule has 0 amide bonds. The fraction of sp³-hybridized carbons (Fsp3) is 0.500. The molecule has 3 heteroatoms. The number of halogens is 2. The summed E-state index contributed by atoms with van der Waals surface area (Å²) in [6, 6.07) is 3.54. The molecule has 0 aliphatic carbocycles. The van der Waals surface area contributed by atoms with Crippen molar-refractivity contribution in [2.75, 3.05) is 11.4 Å². The summed E-state index contributed by atoms with van der Waals surface area (Å²) >= 11 is 0. The summed E-state index contributed by atoms with van der Waals surface area (Å²) < 4.78 is 26.6. The molecule has 0 saturated carbocycles. The highest BCUT2D eigenvalue weighted by atomic mass is 19.1. The molecule has 15 heavy (non-hydrogen) atoms. The average Bonchev–Trinajstić information content (AvgIpc) is 2.10. The largest absolute Gasteiger partial charge is 0.365 e. The van der Waals surface area contributed by atoms with Crippen LogP contribution in [0.1, 0.15) is 27.7 Å². The van der Waals surface area contributed by atoms with Crippen LogP contribution in [0.5, 0.6) is 0 Å². The lowest BCUT2D eigenvalue weighted by Gasteiger charge is -2.37. The third-order valence-electron chi connectivity index (χ3n) is 2.32. The third kappa shape index (κ3) is 2.67. The van der Waals surface area contributed by atoms with Gasteiger partial charge in [0.15, 0.2) is 0 Å². The van der Waals surface area contributed by atoms with E-state index in [1.165, 1.54) is 12.1 Å². The molecule has 1 aromatic rings. The standard InChI is InChI=1S/C12H17F2N/c1-5-15(12(2,3)4)11-8-9(13)6-7-10(11)14/h6-8H,5H2,1-4H3. The number of rotatable bonds is 2. The van der Waals surface area contributed by atoms with E-state index in [0.29, 0.717) is 12.2 Å². The Morgan fingerprint density at radius 1 is 1.20 bits per heavy atom. The Kier molecular flexibility index (Phi) is 3.32. The molecule has 0 atom stereocenters. The van der Waals surface area contributed by atoms with Gasteiger partial charge in [-0.2, -0.15) is 0 Å². The van der Waals surface area contributed by atoms with Crippen LogP contribution >= 0.6 is 0 Å². The van der Waals surface area contributed by atoms with E-state index >= 15 is 0 Å². The lowest BCUT2D eigenvalue weighted by atomic mass is 10.0. The Labute approximate surface area is 89.7 Å². The molecular formula is C12H17F2N. The second-order valence-electron chi connectivity index (χ2n) is 4.51. The Morgan fingerprint density at radius 3 is 2.27 bits per heavy atom. The minimum atomic E-state index is -0.408. The molecule has 0 saturated heterocycles. The first kappa shape index (κ1) is 12.0. The first-order chi connectivity index (χ1) is 6.86. The summed E-state index contributed by atoms with van der Waals surface area (Å²) in [5.74, 6) is -0.790. The van der Waals surface area contributed by atoms with Gasteiger partial charge in [0.2, 0.25) is 0 Å². The Bertz CT molecular complexity index is 342. The zero-order valence-electron chi connectivity index (χ0n) is 9.64. The highest BCUT2D eigenvalue weighted by Crippen LogP contribution is 2.26. The number of hydrogen-bond donors (Lipinski definition) is 0. The molecule has 0 bridgehead atoms. The van der Waals surface area contributed by atoms with Gasteiger partial charge in [-0.05, 0) is 39.8 Å². The van der Waals surface area contributed by atoms with E-state index < -0.39 is 5.82 Å². The van der Waals surface area contributed by atoms with E-state index in [4.69, 9.17) is 0 Å². The van der Waals surface area contributed by atoms with Gasteiger partial charge in [-0.25, -0.2) is 8.78 Å². The zero-order valence-corrected chi connectivity index (χ0v) is 9.64. The smallest absolute Gasteiger partial charge is 0.146 e. The quantitative estimate of drug-likeness (QED) is 0.725. The van der Waals surface area contributed by atoms with E-state index in [9.17, 15) is 8.78 Å². The number of anilines is 1. The summed E-state index contributed by atoms with van der Waals surface area (Å²) in [6.45, 7) is 8.49. The van der Waals surface area contributed by atoms with Gasteiger partial charge in [-0.3, -0.25) is 0 Å². The zero-order chi connectivity index (χ0) is 11.6. The lowest BCUT2D eigenvalue weighted by molar-refractivity contribution is 0.496. The maximum absolute atomic E-state index is 13.5. The maximum atomic E-state index is 13.5. The van der Waals surface area contributed by atoms with Crippen molar-refractivity contribution in [3.05, 3.63) is 29.8 Å². The van der Waals surface area contributed by atoms with Gasteiger partial charge in [-0.1, -0.05) is 0 Å². The third-order valence-corrected chi connectivity index (χ3v) is 2.32. The second-order valence-corrected chi connectivity index (χ2v) is 4.51. The summed E-state index contributed by atoms with van der Waals surface area (Å²) in [6.07, 6.45) is 0. The predicted molar refractivity (Wildman–Crippen MR) is 59.1 cm³/mol. The van der Waals surface area contributed by atoms with Gasteiger partial charge in [-0.15, -0.1) is 0 Å². The first-order valence-electron chi connectivity index (χ1n) is 5.09. The van der Waals surface area contributed by atoms with Gasteiger partial charge < -0.3 is 4.90 Å². The molecule has 0 heterocycles. The molecule has 1 aromatic carbocycles. The van der Waals surface area contributed by atoms with Crippen LogP contribution in [0.4, 0.5) is 14.5 Å². The fourth-order valence-electron chi connectivity index (χ4n) is 1.70. The van der Waals surface area contributed by atoms with Crippen molar-refractivity contribution in [2.45, 2.75) is 33.2 Å². The van der Waals surface area contributed by atoms with Gasteiger partial charge in [0, 0.05) is 18.2 Å². The molecule has 1 nitrogen and oxygen atoms in total. The summed E-state index contributed by atoms with van der Waals surface area (Å²) in [5.41, 5.74) is 0.105. The van der Waals surface area contributed by atoms with Gasteiger partial charge in [0.1, 0.15) is 11.6 Å². The van der Waals surface area contributed by atoms with Crippen molar-refractivity contribution < 1.29 is 8.78 Å². The van der Waals surface area contributed by atoms with Crippen LogP contribution in [0, 0.1) is 11.6 Å². The highest BCUT2D eigenvalue weighted by molar-refractivity contribution is 5.50. The van der Waals surface area contributed by atoms with Crippen molar-refractivity contribution >= 4 is 5.69 Å². The molecule has 1 rings (SSSR count). The van der Waals surface area contributed by atoms with Crippen LogP contribution in [0.3, 0.4) is 0 Å². The van der Waals surface area contributed by atoms with Crippen LogP contribution in [-0.2, 0) is 0 Å². The minimum absolute atomic E-state index is 0.219. The number of hydrogen-bond acceptors (Lipinski definition) is 1. The first-order valence-corrected chi connectivity index (χ1v) is 5.09. The summed E-state index contributed by atoms with van der Waals surface area (Å²) in [7, 11) is 0. The molecular weight excluding hydrogens is 196 g/mol. The van der Waals surface area contributed by atoms with Crippen LogP contribution in [0.25, 0.3) is 0 Å². The lowest BCUT2D eigenvalue weighted by Crippen LogP contribution is -2.41. The Hall–Kier alpha value is -1.12. The van der Waals surface area contributed by atoms with Gasteiger partial charge >= 0.3 is 0 Å². The van der Waals surface area contributed by atoms with Crippen molar-refractivity contribution in [2.24, 2.45) is 0 Å².